The molecular weight excluding hydrogens is 311 g/mol. The quantitative estimate of drug-likeness (QED) is 0.620. The van der Waals surface area contributed by atoms with Crippen LogP contribution in [-0.2, 0) is 20.5 Å². The molecule has 1 aromatic rings. The largest absolute Gasteiger partial charge is 0.468 e. The van der Waals surface area contributed by atoms with E-state index in [9.17, 15) is 22.8 Å². The average molecular weight is 327 g/mol. The predicted octanol–water partition coefficient (Wildman–Crippen LogP) is 2.58. The Morgan fingerprint density at radius 1 is 1.35 bits per heavy atom. The first-order chi connectivity index (χ1) is 10.8. The van der Waals surface area contributed by atoms with Gasteiger partial charge in [0.25, 0.3) is 0 Å². The Morgan fingerprint density at radius 3 is 2.74 bits per heavy atom. The van der Waals surface area contributed by atoms with Crippen LogP contribution >= 0.6 is 0 Å². The fourth-order valence-electron chi connectivity index (χ4n) is 3.71. The number of rotatable bonds is 2. The number of fused-ring (bicyclic) bond motifs is 1. The number of esters is 1. The molecule has 0 N–H and O–H groups in total. The summed E-state index contributed by atoms with van der Waals surface area (Å²) < 4.78 is 43.6. The zero-order valence-corrected chi connectivity index (χ0v) is 12.5. The fourth-order valence-corrected chi connectivity index (χ4v) is 3.71. The zero-order chi connectivity index (χ0) is 16.8. The van der Waals surface area contributed by atoms with E-state index in [0.717, 1.165) is 18.6 Å². The van der Waals surface area contributed by atoms with Crippen molar-refractivity contribution in [1.82, 2.24) is 4.90 Å². The Hall–Kier alpha value is -2.05. The number of nitrogens with zero attached hydrogens (tertiary/aromatic N) is 1. The second-order valence-electron chi connectivity index (χ2n) is 5.89. The highest BCUT2D eigenvalue weighted by Crippen LogP contribution is 2.45. The summed E-state index contributed by atoms with van der Waals surface area (Å²) in [4.78, 5) is 26.1. The van der Waals surface area contributed by atoms with E-state index in [1.165, 1.54) is 13.2 Å². The third-order valence-electron chi connectivity index (χ3n) is 4.68. The first kappa shape index (κ1) is 15.8. The first-order valence-electron chi connectivity index (χ1n) is 7.40. The lowest BCUT2D eigenvalue weighted by molar-refractivity contribution is -0.150. The number of methoxy groups -OCH3 is 1. The number of amides is 1. The number of benzene rings is 1. The molecule has 2 aliphatic rings. The van der Waals surface area contributed by atoms with Crippen LogP contribution in [0.1, 0.15) is 29.9 Å². The van der Waals surface area contributed by atoms with Gasteiger partial charge in [-0.1, -0.05) is 18.2 Å². The maximum absolute atomic E-state index is 13.0. The zero-order valence-electron chi connectivity index (χ0n) is 12.5. The van der Waals surface area contributed by atoms with Crippen LogP contribution in [0.3, 0.4) is 0 Å². The van der Waals surface area contributed by atoms with Crippen molar-refractivity contribution in [1.29, 1.82) is 0 Å². The monoisotopic (exact) mass is 327 g/mol. The molecule has 2 fully saturated rings. The van der Waals surface area contributed by atoms with Crippen LogP contribution in [0.4, 0.5) is 13.2 Å². The summed E-state index contributed by atoms with van der Waals surface area (Å²) in [5, 5.41) is 0. The molecule has 1 aromatic carbocycles. The third kappa shape index (κ3) is 2.58. The molecule has 3 unspecified atom stereocenters. The summed E-state index contributed by atoms with van der Waals surface area (Å²) in [6, 6.07) is 4.64. The highest BCUT2D eigenvalue weighted by Gasteiger charge is 2.54. The second kappa shape index (κ2) is 5.54. The molecule has 0 aromatic heterocycles. The van der Waals surface area contributed by atoms with Gasteiger partial charge in [-0.2, -0.15) is 13.2 Å². The summed E-state index contributed by atoms with van der Waals surface area (Å²) in [6.07, 6.45) is -2.99. The standard InChI is InChI=1S/C16H16F3NO3/c1-23-15(22)13-12(11-6-3-7-20(11)14(13)21)9-4-2-5-10(8-9)16(17,18)19/h2,4-5,8,11-13H,3,6-7H2,1H3. The van der Waals surface area contributed by atoms with E-state index in [1.54, 1.807) is 11.0 Å². The van der Waals surface area contributed by atoms with Gasteiger partial charge in [0.1, 0.15) is 5.92 Å². The van der Waals surface area contributed by atoms with Crippen molar-refractivity contribution in [3.05, 3.63) is 35.4 Å². The second-order valence-corrected chi connectivity index (χ2v) is 5.89. The van der Waals surface area contributed by atoms with Crippen molar-refractivity contribution in [3.8, 4) is 0 Å². The van der Waals surface area contributed by atoms with Crippen LogP contribution in [0.25, 0.3) is 0 Å². The molecule has 0 spiro atoms. The number of ether oxygens (including phenoxy) is 1. The van der Waals surface area contributed by atoms with Gasteiger partial charge in [0.2, 0.25) is 5.91 Å². The summed E-state index contributed by atoms with van der Waals surface area (Å²) in [5.41, 5.74) is -0.416. The van der Waals surface area contributed by atoms with E-state index in [1.807, 2.05) is 0 Å². The van der Waals surface area contributed by atoms with Crippen LogP contribution in [0.2, 0.25) is 0 Å². The molecule has 3 rings (SSSR count). The van der Waals surface area contributed by atoms with Gasteiger partial charge in [0.15, 0.2) is 0 Å². The van der Waals surface area contributed by atoms with E-state index in [4.69, 9.17) is 4.74 Å². The maximum atomic E-state index is 13.0. The number of hydrogen-bond acceptors (Lipinski definition) is 3. The van der Waals surface area contributed by atoms with E-state index >= 15 is 0 Å². The molecule has 0 aliphatic carbocycles. The highest BCUT2D eigenvalue weighted by molar-refractivity contribution is 6.01. The number of carbonyl (C=O) groups is 2. The fraction of sp³-hybridized carbons (Fsp3) is 0.500. The molecule has 0 saturated carbocycles. The number of hydrogen-bond donors (Lipinski definition) is 0. The number of carbonyl (C=O) groups excluding carboxylic acids is 2. The molecule has 2 saturated heterocycles. The van der Waals surface area contributed by atoms with E-state index < -0.39 is 29.5 Å². The lowest BCUT2D eigenvalue weighted by Gasteiger charge is -2.22. The molecular formula is C16H16F3NO3. The smallest absolute Gasteiger partial charge is 0.416 e. The maximum Gasteiger partial charge on any atom is 0.416 e. The normalized spacial score (nSPS) is 27.2. The Kier molecular flexibility index (Phi) is 3.82. The summed E-state index contributed by atoms with van der Waals surface area (Å²) in [6.45, 7) is 0.534. The van der Waals surface area contributed by atoms with Gasteiger partial charge in [-0.3, -0.25) is 9.59 Å². The van der Waals surface area contributed by atoms with Crippen LogP contribution in [0.15, 0.2) is 24.3 Å². The van der Waals surface area contributed by atoms with Crippen molar-refractivity contribution < 1.29 is 27.5 Å². The number of halogens is 3. The van der Waals surface area contributed by atoms with Gasteiger partial charge in [-0.25, -0.2) is 0 Å². The van der Waals surface area contributed by atoms with Crippen LogP contribution in [0, 0.1) is 5.92 Å². The molecule has 0 bridgehead atoms. The van der Waals surface area contributed by atoms with Crippen molar-refractivity contribution in [2.75, 3.05) is 13.7 Å². The van der Waals surface area contributed by atoms with Gasteiger partial charge in [-0.15, -0.1) is 0 Å². The van der Waals surface area contributed by atoms with Gasteiger partial charge >= 0.3 is 12.1 Å². The summed E-state index contributed by atoms with van der Waals surface area (Å²) in [7, 11) is 1.18. The van der Waals surface area contributed by atoms with Crippen LogP contribution in [-0.4, -0.2) is 36.5 Å². The summed E-state index contributed by atoms with van der Waals surface area (Å²) >= 11 is 0. The molecule has 23 heavy (non-hydrogen) atoms. The third-order valence-corrected chi connectivity index (χ3v) is 4.68. The van der Waals surface area contributed by atoms with Gasteiger partial charge < -0.3 is 9.64 Å². The van der Waals surface area contributed by atoms with Crippen molar-refractivity contribution in [2.24, 2.45) is 5.92 Å². The van der Waals surface area contributed by atoms with E-state index in [-0.39, 0.29) is 11.9 Å². The molecule has 124 valence electrons. The SMILES string of the molecule is COC(=O)C1C(=O)N2CCCC2C1c1cccc(C(F)(F)F)c1. The highest BCUT2D eigenvalue weighted by atomic mass is 19.4. The van der Waals surface area contributed by atoms with Gasteiger partial charge in [0.05, 0.1) is 12.7 Å². The van der Waals surface area contributed by atoms with Crippen molar-refractivity contribution >= 4 is 11.9 Å². The topological polar surface area (TPSA) is 46.6 Å². The molecule has 1 amide bonds. The lowest BCUT2D eigenvalue weighted by atomic mass is 9.82. The lowest BCUT2D eigenvalue weighted by Crippen LogP contribution is -2.31. The minimum atomic E-state index is -4.46. The van der Waals surface area contributed by atoms with Crippen molar-refractivity contribution in [3.63, 3.8) is 0 Å². The van der Waals surface area contributed by atoms with Gasteiger partial charge in [0, 0.05) is 18.5 Å². The van der Waals surface area contributed by atoms with Crippen LogP contribution in [0.5, 0.6) is 0 Å². The predicted molar refractivity (Wildman–Crippen MR) is 74.4 cm³/mol. The molecule has 4 nitrogen and oxygen atoms in total. The molecule has 2 aliphatic heterocycles. The van der Waals surface area contributed by atoms with Crippen LogP contribution < -0.4 is 0 Å². The average Bonchev–Trinajstić information content (AvgIpc) is 3.08. The number of alkyl halides is 3. The molecule has 7 heteroatoms. The first-order valence-corrected chi connectivity index (χ1v) is 7.40. The Bertz CT molecular complexity index is 644. The molecule has 2 heterocycles. The molecule has 3 atom stereocenters. The van der Waals surface area contributed by atoms with E-state index in [2.05, 4.69) is 0 Å². The minimum absolute atomic E-state index is 0.241. The minimum Gasteiger partial charge on any atom is -0.468 e. The van der Waals surface area contributed by atoms with Gasteiger partial charge in [-0.05, 0) is 24.5 Å². The Labute approximate surface area is 131 Å². The van der Waals surface area contributed by atoms with E-state index in [0.29, 0.717) is 18.5 Å². The van der Waals surface area contributed by atoms with Crippen molar-refractivity contribution in [2.45, 2.75) is 31.0 Å². The Morgan fingerprint density at radius 2 is 2.09 bits per heavy atom. The summed E-state index contributed by atoms with van der Waals surface area (Å²) in [5.74, 6) is -2.69. The Balaban J connectivity index is 2.04. The molecule has 0 radical (unpaired) electrons.